The fourth-order valence-electron chi connectivity index (χ4n) is 3.45. The molecule has 0 spiro atoms. The number of hydrogen-bond donors (Lipinski definition) is 4. The van der Waals surface area contributed by atoms with Crippen LogP contribution in [0.3, 0.4) is 0 Å². The molecular formula is C20H16N8O3S. The smallest absolute Gasteiger partial charge is 0.250 e. The van der Waals surface area contributed by atoms with E-state index in [0.29, 0.717) is 56.0 Å². The molecule has 5 rings (SSSR count). The van der Waals surface area contributed by atoms with E-state index in [4.69, 9.17) is 5.73 Å². The number of carbonyl (C=O) groups excluding carboxylic acids is 1. The lowest BCUT2D eigenvalue weighted by atomic mass is 10.1. The molecule has 0 atom stereocenters. The van der Waals surface area contributed by atoms with E-state index in [2.05, 4.69) is 34.9 Å². The van der Waals surface area contributed by atoms with Gasteiger partial charge in [0.15, 0.2) is 11.5 Å². The van der Waals surface area contributed by atoms with Crippen molar-refractivity contribution in [2.24, 2.45) is 5.73 Å². The third-order valence-corrected chi connectivity index (χ3v) is 5.40. The number of anilines is 1. The highest BCUT2D eigenvalue weighted by Crippen LogP contribution is 2.30. The highest BCUT2D eigenvalue weighted by Gasteiger charge is 2.17. The molecule has 0 fully saturated rings. The molecule has 5 N–H and O–H groups in total. The standard InChI is InChI=1S/C20H16N8O3S/c1-32(30,31)28-12-5-10(7-22-9-12)11-6-14-17(26-27-19(14)23-8-11)20-24-15-4-2-3-13(18(21)29)16(15)25-20/h2-9,28H,1H3,(H2,21,29)(H,24,25)(H,23,26,27). The summed E-state index contributed by atoms with van der Waals surface area (Å²) < 4.78 is 25.5. The number of aromatic amines is 2. The second-order valence-electron chi connectivity index (χ2n) is 7.18. The molecule has 5 aromatic rings. The number of nitrogens with zero attached hydrogens (tertiary/aromatic N) is 4. The van der Waals surface area contributed by atoms with Crippen LogP contribution in [0.5, 0.6) is 0 Å². The van der Waals surface area contributed by atoms with Crippen LogP contribution in [-0.4, -0.2) is 50.7 Å². The van der Waals surface area contributed by atoms with Crippen molar-refractivity contribution in [3.8, 4) is 22.6 Å². The average Bonchev–Trinajstić information content (AvgIpc) is 3.35. The molecular weight excluding hydrogens is 432 g/mol. The van der Waals surface area contributed by atoms with Crippen LogP contribution in [0, 0.1) is 0 Å². The van der Waals surface area contributed by atoms with Gasteiger partial charge in [0.2, 0.25) is 10.0 Å². The number of amides is 1. The lowest BCUT2D eigenvalue weighted by Gasteiger charge is -2.06. The highest BCUT2D eigenvalue weighted by atomic mass is 32.2. The summed E-state index contributed by atoms with van der Waals surface area (Å²) in [5, 5.41) is 7.88. The summed E-state index contributed by atoms with van der Waals surface area (Å²) in [6.07, 6.45) is 5.73. The molecule has 160 valence electrons. The van der Waals surface area contributed by atoms with Gasteiger partial charge in [0.25, 0.3) is 5.91 Å². The van der Waals surface area contributed by atoms with Crippen LogP contribution in [0.1, 0.15) is 10.4 Å². The van der Waals surface area contributed by atoms with Crippen molar-refractivity contribution >= 4 is 43.7 Å². The normalized spacial score (nSPS) is 11.8. The SMILES string of the molecule is CS(=O)(=O)Nc1cncc(-c2cnc3[nH]nc(-c4nc5c(C(N)=O)cccc5[nH]4)c3c2)c1. The third-order valence-electron chi connectivity index (χ3n) is 4.79. The van der Waals surface area contributed by atoms with Gasteiger partial charge in [0, 0.05) is 23.5 Å². The number of carbonyl (C=O) groups is 1. The highest BCUT2D eigenvalue weighted by molar-refractivity contribution is 7.92. The van der Waals surface area contributed by atoms with Crippen LogP contribution in [0.4, 0.5) is 5.69 Å². The zero-order valence-electron chi connectivity index (χ0n) is 16.6. The molecule has 1 amide bonds. The molecule has 0 aliphatic heterocycles. The summed E-state index contributed by atoms with van der Waals surface area (Å²) in [7, 11) is -3.43. The van der Waals surface area contributed by atoms with E-state index < -0.39 is 15.9 Å². The Morgan fingerprint density at radius 2 is 1.94 bits per heavy atom. The van der Waals surface area contributed by atoms with Gasteiger partial charge in [-0.15, -0.1) is 0 Å². The van der Waals surface area contributed by atoms with Gasteiger partial charge >= 0.3 is 0 Å². The van der Waals surface area contributed by atoms with Gasteiger partial charge in [-0.1, -0.05) is 6.07 Å². The molecule has 0 aliphatic carbocycles. The topological polar surface area (TPSA) is 172 Å². The lowest BCUT2D eigenvalue weighted by molar-refractivity contribution is 0.100. The number of hydrogen-bond acceptors (Lipinski definition) is 7. The first-order valence-electron chi connectivity index (χ1n) is 9.35. The molecule has 4 heterocycles. The number of pyridine rings is 2. The molecule has 0 saturated heterocycles. The summed E-state index contributed by atoms with van der Waals surface area (Å²) in [6, 6.07) is 8.64. The number of nitrogens with one attached hydrogen (secondary N) is 3. The molecule has 0 unspecified atom stereocenters. The lowest BCUT2D eigenvalue weighted by Crippen LogP contribution is -2.11. The van der Waals surface area contributed by atoms with Crippen LogP contribution < -0.4 is 10.5 Å². The van der Waals surface area contributed by atoms with Gasteiger partial charge in [0.05, 0.1) is 34.6 Å². The minimum atomic E-state index is -3.43. The molecule has 0 radical (unpaired) electrons. The Labute approximate surface area is 181 Å². The summed E-state index contributed by atoms with van der Waals surface area (Å²) >= 11 is 0. The van der Waals surface area contributed by atoms with Gasteiger partial charge in [-0.2, -0.15) is 5.10 Å². The van der Waals surface area contributed by atoms with Crippen LogP contribution in [0.25, 0.3) is 44.7 Å². The Morgan fingerprint density at radius 3 is 2.72 bits per heavy atom. The number of fused-ring (bicyclic) bond motifs is 2. The minimum Gasteiger partial charge on any atom is -0.366 e. The Morgan fingerprint density at radius 1 is 1.12 bits per heavy atom. The van der Waals surface area contributed by atoms with E-state index in [1.165, 1.54) is 6.20 Å². The van der Waals surface area contributed by atoms with Crippen molar-refractivity contribution in [3.05, 3.63) is 54.5 Å². The largest absolute Gasteiger partial charge is 0.366 e. The maximum absolute atomic E-state index is 11.7. The molecule has 4 aromatic heterocycles. The Kier molecular flexibility index (Phi) is 4.37. The van der Waals surface area contributed by atoms with Gasteiger partial charge in [-0.05, 0) is 24.3 Å². The monoisotopic (exact) mass is 448 g/mol. The van der Waals surface area contributed by atoms with E-state index in [1.807, 2.05) is 6.07 Å². The molecule has 32 heavy (non-hydrogen) atoms. The first-order valence-corrected chi connectivity index (χ1v) is 11.2. The first kappa shape index (κ1) is 19.6. The molecule has 12 heteroatoms. The van der Waals surface area contributed by atoms with Crippen LogP contribution in [0.2, 0.25) is 0 Å². The Balaban J connectivity index is 1.61. The van der Waals surface area contributed by atoms with E-state index in [0.717, 1.165) is 6.26 Å². The number of rotatable bonds is 5. The van der Waals surface area contributed by atoms with Crippen LogP contribution in [-0.2, 0) is 10.0 Å². The second kappa shape index (κ2) is 7.13. The maximum Gasteiger partial charge on any atom is 0.250 e. The number of nitrogens with two attached hydrogens (primary N) is 1. The van der Waals surface area contributed by atoms with Crippen molar-refractivity contribution in [2.45, 2.75) is 0 Å². The molecule has 0 saturated carbocycles. The van der Waals surface area contributed by atoms with Crippen molar-refractivity contribution < 1.29 is 13.2 Å². The zero-order valence-corrected chi connectivity index (χ0v) is 17.4. The number of para-hydroxylation sites is 1. The number of sulfonamides is 1. The van der Waals surface area contributed by atoms with Gasteiger partial charge in [0.1, 0.15) is 11.2 Å². The van der Waals surface area contributed by atoms with Crippen molar-refractivity contribution in [1.82, 2.24) is 30.1 Å². The van der Waals surface area contributed by atoms with Gasteiger partial charge in [-0.3, -0.25) is 19.6 Å². The summed E-state index contributed by atoms with van der Waals surface area (Å²) in [5.41, 5.74) is 9.65. The summed E-state index contributed by atoms with van der Waals surface area (Å²) in [5.74, 6) is -0.121. The molecule has 11 nitrogen and oxygen atoms in total. The van der Waals surface area contributed by atoms with Crippen LogP contribution in [0.15, 0.2) is 48.9 Å². The van der Waals surface area contributed by atoms with Gasteiger partial charge < -0.3 is 10.7 Å². The Bertz CT molecular complexity index is 1620. The van der Waals surface area contributed by atoms with E-state index in [9.17, 15) is 13.2 Å². The maximum atomic E-state index is 11.7. The third kappa shape index (κ3) is 3.52. The second-order valence-corrected chi connectivity index (χ2v) is 8.93. The quantitative estimate of drug-likeness (QED) is 0.318. The molecule has 0 bridgehead atoms. The number of aromatic nitrogens is 6. The van der Waals surface area contributed by atoms with E-state index in [1.54, 1.807) is 36.7 Å². The Hall–Kier alpha value is -4.32. The van der Waals surface area contributed by atoms with E-state index in [-0.39, 0.29) is 0 Å². The van der Waals surface area contributed by atoms with Crippen molar-refractivity contribution in [2.75, 3.05) is 11.0 Å². The summed E-state index contributed by atoms with van der Waals surface area (Å²) in [4.78, 5) is 27.9. The van der Waals surface area contributed by atoms with Crippen LogP contribution >= 0.6 is 0 Å². The van der Waals surface area contributed by atoms with Crippen molar-refractivity contribution in [1.29, 1.82) is 0 Å². The van der Waals surface area contributed by atoms with Crippen molar-refractivity contribution in [3.63, 3.8) is 0 Å². The first-order chi connectivity index (χ1) is 15.3. The van der Waals surface area contributed by atoms with Gasteiger partial charge in [-0.25, -0.2) is 18.4 Å². The average molecular weight is 448 g/mol. The summed E-state index contributed by atoms with van der Waals surface area (Å²) in [6.45, 7) is 0. The number of primary amides is 1. The van der Waals surface area contributed by atoms with E-state index >= 15 is 0 Å². The fraction of sp³-hybridized carbons (Fsp3) is 0.0500. The molecule has 1 aromatic carbocycles. The number of benzene rings is 1. The fourth-order valence-corrected chi connectivity index (χ4v) is 3.99. The zero-order chi connectivity index (χ0) is 22.5. The molecule has 0 aliphatic rings. The predicted octanol–water partition coefficient (Wildman–Crippen LogP) is 2.03. The minimum absolute atomic E-state index is 0.310. The predicted molar refractivity (Wildman–Crippen MR) is 119 cm³/mol. The number of imidazole rings is 1. The number of H-pyrrole nitrogens is 2.